The highest BCUT2D eigenvalue weighted by Gasteiger charge is 2.25. The Kier molecular flexibility index (Phi) is 5.56. The van der Waals surface area contributed by atoms with Crippen molar-refractivity contribution in [2.24, 2.45) is 0 Å². The van der Waals surface area contributed by atoms with E-state index in [-0.39, 0.29) is 12.1 Å². The Bertz CT molecular complexity index is 351. The minimum atomic E-state index is -1.45. The van der Waals surface area contributed by atoms with Gasteiger partial charge < -0.3 is 26.0 Å². The topological polar surface area (TPSA) is 136 Å². The maximum absolute atomic E-state index is 11.5. The first-order valence-electron chi connectivity index (χ1n) is 6.08. The molecule has 108 valence electrons. The Labute approximate surface area is 109 Å². The van der Waals surface area contributed by atoms with Crippen LogP contribution in [0.4, 0.5) is 4.79 Å². The molecule has 0 spiro atoms. The predicted molar refractivity (Wildman–Crippen MR) is 63.6 cm³/mol. The number of hydrogen-bond donors (Lipinski definition) is 5. The van der Waals surface area contributed by atoms with Crippen LogP contribution in [-0.4, -0.2) is 51.5 Å². The van der Waals surface area contributed by atoms with Gasteiger partial charge in [0, 0.05) is 6.04 Å². The van der Waals surface area contributed by atoms with Crippen LogP contribution < -0.4 is 10.6 Å². The molecule has 19 heavy (non-hydrogen) atoms. The number of urea groups is 1. The average Bonchev–Trinajstić information content (AvgIpc) is 2.30. The van der Waals surface area contributed by atoms with Gasteiger partial charge in [-0.25, -0.2) is 9.59 Å². The summed E-state index contributed by atoms with van der Waals surface area (Å²) >= 11 is 0. The Morgan fingerprint density at radius 2 is 1.68 bits per heavy atom. The number of hydrogen-bond acceptors (Lipinski definition) is 4. The monoisotopic (exact) mass is 274 g/mol. The van der Waals surface area contributed by atoms with Crippen molar-refractivity contribution >= 4 is 18.0 Å². The Hall–Kier alpha value is -1.83. The highest BCUT2D eigenvalue weighted by Crippen LogP contribution is 2.18. The van der Waals surface area contributed by atoms with Crippen molar-refractivity contribution < 1.29 is 29.7 Å². The summed E-state index contributed by atoms with van der Waals surface area (Å²) in [4.78, 5) is 32.8. The lowest BCUT2D eigenvalue weighted by atomic mass is 9.93. The van der Waals surface area contributed by atoms with Crippen molar-refractivity contribution in [1.29, 1.82) is 0 Å². The number of aliphatic hydroxyl groups excluding tert-OH is 1. The lowest BCUT2D eigenvalue weighted by Gasteiger charge is -2.26. The molecule has 0 aromatic carbocycles. The number of carboxylic acids is 2. The fourth-order valence-electron chi connectivity index (χ4n) is 1.98. The highest BCUT2D eigenvalue weighted by molar-refractivity contribution is 5.86. The number of carbonyl (C=O) groups excluding carboxylic acids is 1. The number of nitrogens with one attached hydrogen (secondary N) is 2. The van der Waals surface area contributed by atoms with Crippen molar-refractivity contribution in [1.82, 2.24) is 10.6 Å². The predicted octanol–water partition coefficient (Wildman–Crippen LogP) is -0.483. The summed E-state index contributed by atoms with van der Waals surface area (Å²) in [6.45, 7) is 0. The van der Waals surface area contributed by atoms with E-state index in [0.29, 0.717) is 25.7 Å². The molecule has 1 aliphatic carbocycles. The zero-order valence-electron chi connectivity index (χ0n) is 10.3. The lowest BCUT2D eigenvalue weighted by Crippen LogP contribution is -2.50. The van der Waals surface area contributed by atoms with Crippen molar-refractivity contribution in [3.63, 3.8) is 0 Å². The summed E-state index contributed by atoms with van der Waals surface area (Å²) in [5.74, 6) is -2.69. The number of aliphatic hydroxyl groups is 1. The summed E-state index contributed by atoms with van der Waals surface area (Å²) in [6, 6.07) is -2.27. The van der Waals surface area contributed by atoms with Gasteiger partial charge in [0.15, 0.2) is 0 Å². The molecule has 0 unspecified atom stereocenters. The first-order valence-corrected chi connectivity index (χ1v) is 6.08. The minimum absolute atomic E-state index is 0.123. The van der Waals surface area contributed by atoms with Crippen LogP contribution in [0.15, 0.2) is 0 Å². The molecule has 0 saturated heterocycles. The van der Waals surface area contributed by atoms with E-state index in [0.717, 1.165) is 0 Å². The van der Waals surface area contributed by atoms with E-state index in [2.05, 4.69) is 10.6 Å². The van der Waals surface area contributed by atoms with E-state index in [4.69, 9.17) is 10.2 Å². The van der Waals surface area contributed by atoms with Gasteiger partial charge in [0.25, 0.3) is 0 Å². The molecular formula is C11H18N2O6. The van der Waals surface area contributed by atoms with E-state index in [1.165, 1.54) is 0 Å². The number of rotatable bonds is 5. The molecule has 0 bridgehead atoms. The molecule has 2 amide bonds. The van der Waals surface area contributed by atoms with Gasteiger partial charge >= 0.3 is 18.0 Å². The van der Waals surface area contributed by atoms with Gasteiger partial charge in [0.1, 0.15) is 6.04 Å². The van der Waals surface area contributed by atoms with Gasteiger partial charge in [-0.05, 0) is 25.7 Å². The average molecular weight is 274 g/mol. The fraction of sp³-hybridized carbons (Fsp3) is 0.727. The van der Waals surface area contributed by atoms with Gasteiger partial charge in [-0.2, -0.15) is 0 Å². The largest absolute Gasteiger partial charge is 0.481 e. The quantitative estimate of drug-likeness (QED) is 0.459. The number of amides is 2. The number of aliphatic carboxylic acids is 2. The van der Waals surface area contributed by atoms with Gasteiger partial charge in [0.2, 0.25) is 0 Å². The second-order valence-electron chi connectivity index (χ2n) is 4.61. The molecule has 0 heterocycles. The van der Waals surface area contributed by atoms with Crippen LogP contribution in [0, 0.1) is 0 Å². The molecule has 1 atom stereocenters. The summed E-state index contributed by atoms with van der Waals surface area (Å²) < 4.78 is 0. The first-order chi connectivity index (χ1) is 8.88. The summed E-state index contributed by atoms with van der Waals surface area (Å²) in [6.07, 6.45) is 1.38. The van der Waals surface area contributed by atoms with E-state index >= 15 is 0 Å². The van der Waals surface area contributed by atoms with Crippen molar-refractivity contribution in [2.75, 3.05) is 0 Å². The van der Waals surface area contributed by atoms with Crippen molar-refractivity contribution in [3.8, 4) is 0 Å². The van der Waals surface area contributed by atoms with Crippen molar-refractivity contribution in [3.05, 3.63) is 0 Å². The minimum Gasteiger partial charge on any atom is -0.481 e. The third kappa shape index (κ3) is 5.56. The molecule has 0 aromatic heterocycles. The third-order valence-electron chi connectivity index (χ3n) is 3.01. The van der Waals surface area contributed by atoms with Crippen LogP contribution in [0.5, 0.6) is 0 Å². The van der Waals surface area contributed by atoms with E-state index in [9.17, 15) is 19.5 Å². The SMILES string of the molecule is O=C(O)C[C@@H](NC(=O)NC1CCC(O)CC1)C(=O)O. The van der Waals surface area contributed by atoms with Crippen LogP contribution >= 0.6 is 0 Å². The van der Waals surface area contributed by atoms with Gasteiger partial charge in [-0.15, -0.1) is 0 Å². The van der Waals surface area contributed by atoms with Crippen LogP contribution in [-0.2, 0) is 9.59 Å². The Morgan fingerprint density at radius 3 is 2.16 bits per heavy atom. The maximum atomic E-state index is 11.5. The smallest absolute Gasteiger partial charge is 0.326 e. The molecule has 1 saturated carbocycles. The summed E-state index contributed by atoms with van der Waals surface area (Å²) in [5, 5.41) is 31.3. The Balaban J connectivity index is 2.40. The second kappa shape index (κ2) is 6.93. The van der Waals surface area contributed by atoms with Gasteiger partial charge in [-0.3, -0.25) is 4.79 Å². The number of carboxylic acid groups (broad SMARTS) is 2. The van der Waals surface area contributed by atoms with Crippen molar-refractivity contribution in [2.45, 2.75) is 50.3 Å². The maximum Gasteiger partial charge on any atom is 0.326 e. The van der Waals surface area contributed by atoms with Gasteiger partial charge in [0.05, 0.1) is 12.5 Å². The zero-order valence-corrected chi connectivity index (χ0v) is 10.3. The lowest BCUT2D eigenvalue weighted by molar-refractivity contribution is -0.145. The molecule has 8 heteroatoms. The molecule has 1 aliphatic rings. The molecule has 0 aromatic rings. The van der Waals surface area contributed by atoms with Crippen LogP contribution in [0.3, 0.4) is 0 Å². The standard InChI is InChI=1S/C11H18N2O6/c14-7-3-1-6(2-4-7)12-11(19)13-8(10(17)18)5-9(15)16/h6-8,14H,1-5H2,(H,15,16)(H,17,18)(H2,12,13,19)/t6?,7?,8-/m1/s1. The molecule has 8 nitrogen and oxygen atoms in total. The van der Waals surface area contributed by atoms with Crippen LogP contribution in [0.2, 0.25) is 0 Å². The van der Waals surface area contributed by atoms with E-state index in [1.807, 2.05) is 0 Å². The highest BCUT2D eigenvalue weighted by atomic mass is 16.4. The third-order valence-corrected chi connectivity index (χ3v) is 3.01. The number of carbonyl (C=O) groups is 3. The molecule has 5 N–H and O–H groups in total. The normalized spacial score (nSPS) is 24.3. The molecule has 1 fully saturated rings. The fourth-order valence-corrected chi connectivity index (χ4v) is 1.98. The van der Waals surface area contributed by atoms with Crippen LogP contribution in [0.1, 0.15) is 32.1 Å². The Morgan fingerprint density at radius 1 is 1.11 bits per heavy atom. The summed E-state index contributed by atoms with van der Waals surface area (Å²) in [7, 11) is 0. The first kappa shape index (κ1) is 15.2. The molecule has 1 rings (SSSR count). The van der Waals surface area contributed by atoms with Gasteiger partial charge in [-0.1, -0.05) is 0 Å². The summed E-state index contributed by atoms with van der Waals surface area (Å²) in [5.41, 5.74) is 0. The van der Waals surface area contributed by atoms with E-state index in [1.54, 1.807) is 0 Å². The molecule has 0 radical (unpaired) electrons. The molecule has 0 aliphatic heterocycles. The molecular weight excluding hydrogens is 256 g/mol. The van der Waals surface area contributed by atoms with Crippen LogP contribution in [0.25, 0.3) is 0 Å². The zero-order chi connectivity index (χ0) is 14.4. The van der Waals surface area contributed by atoms with E-state index < -0.39 is 30.4 Å². The second-order valence-corrected chi connectivity index (χ2v) is 4.61.